The molecule has 0 fully saturated rings. The minimum atomic E-state index is -0.383. The van der Waals surface area contributed by atoms with Crippen LogP contribution in [0.4, 0.5) is 0 Å². The number of allylic oxidation sites excluding steroid dienone is 1. The maximum absolute atomic E-state index is 9.11. The van der Waals surface area contributed by atoms with E-state index in [2.05, 4.69) is 0 Å². The van der Waals surface area contributed by atoms with Crippen LogP contribution >= 0.6 is 0 Å². The van der Waals surface area contributed by atoms with Crippen LogP contribution in [0.1, 0.15) is 39.0 Å². The van der Waals surface area contributed by atoms with E-state index in [4.69, 9.17) is 15.3 Å². The Bertz CT molecular complexity index is 153. The summed E-state index contributed by atoms with van der Waals surface area (Å²) in [4.78, 5) is 0. The molecule has 0 bridgehead atoms. The van der Waals surface area contributed by atoms with E-state index in [0.29, 0.717) is 6.42 Å². The lowest BCUT2D eigenvalue weighted by Gasteiger charge is -2.06. The fraction of sp³-hybridized carbons (Fsp3) is 0.818. The van der Waals surface area contributed by atoms with E-state index >= 15 is 0 Å². The largest absolute Gasteiger partial charge is 0.396 e. The maximum atomic E-state index is 9.11. The molecule has 0 aliphatic heterocycles. The average molecular weight is 202 g/mol. The highest BCUT2D eigenvalue weighted by atomic mass is 16.3. The van der Waals surface area contributed by atoms with Crippen molar-refractivity contribution >= 4 is 0 Å². The third-order valence-electron chi connectivity index (χ3n) is 2.06. The molecule has 0 aromatic carbocycles. The Balaban J connectivity index is 3.59. The molecule has 0 rings (SSSR count). The van der Waals surface area contributed by atoms with Crippen molar-refractivity contribution in [3.63, 3.8) is 0 Å². The minimum Gasteiger partial charge on any atom is -0.396 e. The fourth-order valence-corrected chi connectivity index (χ4v) is 1.33. The topological polar surface area (TPSA) is 60.7 Å². The van der Waals surface area contributed by atoms with Crippen LogP contribution in [0.5, 0.6) is 0 Å². The summed E-state index contributed by atoms with van der Waals surface area (Å²) in [6.07, 6.45) is 5.97. The van der Waals surface area contributed by atoms with Crippen molar-refractivity contribution in [2.45, 2.75) is 45.1 Å². The van der Waals surface area contributed by atoms with Gasteiger partial charge >= 0.3 is 0 Å². The molecule has 14 heavy (non-hydrogen) atoms. The lowest BCUT2D eigenvalue weighted by molar-refractivity contribution is 0.188. The third kappa shape index (κ3) is 8.23. The molecular formula is C11H22O3. The normalized spacial score (nSPS) is 14.4. The van der Waals surface area contributed by atoms with Gasteiger partial charge in [-0.15, -0.1) is 0 Å². The molecule has 0 aliphatic rings. The molecule has 3 nitrogen and oxygen atoms in total. The van der Waals surface area contributed by atoms with Crippen LogP contribution in [-0.4, -0.2) is 34.6 Å². The Kier molecular flexibility index (Phi) is 8.94. The predicted molar refractivity (Wildman–Crippen MR) is 57.0 cm³/mol. The highest BCUT2D eigenvalue weighted by Crippen LogP contribution is 2.08. The van der Waals surface area contributed by atoms with Crippen molar-refractivity contribution in [2.24, 2.45) is 0 Å². The summed E-state index contributed by atoms with van der Waals surface area (Å²) in [5.74, 6) is 0. The van der Waals surface area contributed by atoms with E-state index in [1.807, 2.05) is 6.08 Å². The molecule has 0 saturated carbocycles. The summed E-state index contributed by atoms with van der Waals surface area (Å²) in [6.45, 7) is 2.00. The highest BCUT2D eigenvalue weighted by Gasteiger charge is 2.00. The SMILES string of the molecule is CC(O)C/C(=C/CCCCCO)CO. The van der Waals surface area contributed by atoms with Crippen LogP contribution in [0.25, 0.3) is 0 Å². The molecule has 0 aliphatic carbocycles. The van der Waals surface area contributed by atoms with Gasteiger partial charge in [-0.3, -0.25) is 0 Å². The minimum absolute atomic E-state index is 0.0326. The van der Waals surface area contributed by atoms with Gasteiger partial charge in [-0.05, 0) is 38.2 Å². The Hall–Kier alpha value is -0.380. The van der Waals surface area contributed by atoms with Gasteiger partial charge < -0.3 is 15.3 Å². The number of aliphatic hydroxyl groups is 3. The molecule has 3 N–H and O–H groups in total. The molecule has 84 valence electrons. The van der Waals surface area contributed by atoms with Crippen molar-refractivity contribution in [1.29, 1.82) is 0 Å². The van der Waals surface area contributed by atoms with Crippen LogP contribution in [0.2, 0.25) is 0 Å². The summed E-state index contributed by atoms with van der Waals surface area (Å²) >= 11 is 0. The van der Waals surface area contributed by atoms with E-state index in [-0.39, 0.29) is 19.3 Å². The molecule has 3 heteroatoms. The van der Waals surface area contributed by atoms with Crippen LogP contribution in [0.15, 0.2) is 11.6 Å². The quantitative estimate of drug-likeness (QED) is 0.410. The van der Waals surface area contributed by atoms with Crippen molar-refractivity contribution in [3.8, 4) is 0 Å². The number of rotatable bonds is 8. The third-order valence-corrected chi connectivity index (χ3v) is 2.06. The standard InChI is InChI=1S/C11H22O3/c1-10(14)8-11(9-13)6-4-2-3-5-7-12/h6,10,12-14H,2-5,7-9H2,1H3/b11-6-. The van der Waals surface area contributed by atoms with Crippen molar-refractivity contribution in [2.75, 3.05) is 13.2 Å². The number of hydrogen-bond donors (Lipinski definition) is 3. The zero-order valence-corrected chi connectivity index (χ0v) is 8.95. The van der Waals surface area contributed by atoms with Crippen LogP contribution in [0.3, 0.4) is 0 Å². The molecule has 0 heterocycles. The molecule has 0 aromatic heterocycles. The first-order valence-electron chi connectivity index (χ1n) is 5.28. The molecule has 0 spiro atoms. The second-order valence-corrected chi connectivity index (χ2v) is 3.65. The second kappa shape index (κ2) is 9.19. The van der Waals surface area contributed by atoms with Crippen LogP contribution in [-0.2, 0) is 0 Å². The van der Waals surface area contributed by atoms with Gasteiger partial charge in [0, 0.05) is 6.61 Å². The van der Waals surface area contributed by atoms with E-state index in [1.54, 1.807) is 6.92 Å². The van der Waals surface area contributed by atoms with Gasteiger partial charge in [0.05, 0.1) is 12.7 Å². The monoisotopic (exact) mass is 202 g/mol. The van der Waals surface area contributed by atoms with Gasteiger partial charge in [-0.2, -0.15) is 0 Å². The summed E-state index contributed by atoms with van der Waals surface area (Å²) in [5.41, 5.74) is 0.906. The Morgan fingerprint density at radius 1 is 1.21 bits per heavy atom. The van der Waals surface area contributed by atoms with Gasteiger partial charge in [-0.25, -0.2) is 0 Å². The molecular weight excluding hydrogens is 180 g/mol. The maximum Gasteiger partial charge on any atom is 0.0642 e. The van der Waals surface area contributed by atoms with Crippen molar-refractivity contribution in [1.82, 2.24) is 0 Å². The van der Waals surface area contributed by atoms with E-state index in [0.717, 1.165) is 31.3 Å². The molecule has 0 saturated heterocycles. The number of aliphatic hydroxyl groups excluding tert-OH is 3. The molecule has 0 amide bonds. The number of hydrogen-bond acceptors (Lipinski definition) is 3. The second-order valence-electron chi connectivity index (χ2n) is 3.65. The summed E-state index contributed by atoms with van der Waals surface area (Å²) in [7, 11) is 0. The summed E-state index contributed by atoms with van der Waals surface area (Å²) in [5, 5.41) is 26.6. The van der Waals surface area contributed by atoms with E-state index in [9.17, 15) is 0 Å². The summed E-state index contributed by atoms with van der Waals surface area (Å²) in [6, 6.07) is 0. The zero-order valence-electron chi connectivity index (χ0n) is 8.95. The van der Waals surface area contributed by atoms with Crippen LogP contribution in [0, 0.1) is 0 Å². The van der Waals surface area contributed by atoms with Gasteiger partial charge in [0.1, 0.15) is 0 Å². The molecule has 0 radical (unpaired) electrons. The van der Waals surface area contributed by atoms with E-state index in [1.165, 1.54) is 0 Å². The first-order chi connectivity index (χ1) is 6.70. The Labute approximate surface area is 86.1 Å². The smallest absolute Gasteiger partial charge is 0.0642 e. The highest BCUT2D eigenvalue weighted by molar-refractivity contribution is 5.03. The predicted octanol–water partition coefficient (Wildman–Crippen LogP) is 1.23. The van der Waals surface area contributed by atoms with Gasteiger partial charge in [0.15, 0.2) is 0 Å². The first-order valence-corrected chi connectivity index (χ1v) is 5.28. The lowest BCUT2D eigenvalue weighted by atomic mass is 10.1. The number of unbranched alkanes of at least 4 members (excludes halogenated alkanes) is 3. The molecule has 1 atom stereocenters. The molecule has 0 aromatic rings. The van der Waals surface area contributed by atoms with Gasteiger partial charge in [0.25, 0.3) is 0 Å². The molecule has 1 unspecified atom stereocenters. The lowest BCUT2D eigenvalue weighted by Crippen LogP contribution is -2.04. The average Bonchev–Trinajstić information content (AvgIpc) is 2.15. The summed E-state index contributed by atoms with van der Waals surface area (Å²) < 4.78 is 0. The van der Waals surface area contributed by atoms with E-state index < -0.39 is 0 Å². The van der Waals surface area contributed by atoms with Crippen molar-refractivity contribution in [3.05, 3.63) is 11.6 Å². The van der Waals surface area contributed by atoms with Crippen molar-refractivity contribution < 1.29 is 15.3 Å². The van der Waals surface area contributed by atoms with Crippen LogP contribution < -0.4 is 0 Å². The Morgan fingerprint density at radius 3 is 2.43 bits per heavy atom. The fourth-order valence-electron chi connectivity index (χ4n) is 1.33. The van der Waals surface area contributed by atoms with Gasteiger partial charge in [-0.1, -0.05) is 12.5 Å². The van der Waals surface area contributed by atoms with Gasteiger partial charge in [0.2, 0.25) is 0 Å². The Morgan fingerprint density at radius 2 is 1.93 bits per heavy atom. The zero-order chi connectivity index (χ0) is 10.8. The first kappa shape index (κ1) is 13.6.